The van der Waals surface area contributed by atoms with E-state index in [0.717, 1.165) is 6.42 Å². The Kier molecular flexibility index (Phi) is 5.06. The Bertz CT molecular complexity index is 566. The molecule has 1 aromatic heterocycles. The Labute approximate surface area is 127 Å². The van der Waals surface area contributed by atoms with Gasteiger partial charge in [0.15, 0.2) is 0 Å². The normalized spacial score (nSPS) is 21.9. The molecule has 0 bridgehead atoms. The highest BCUT2D eigenvalue weighted by molar-refractivity contribution is 7.89. The van der Waals surface area contributed by atoms with Crippen LogP contribution in [0.4, 0.5) is 0 Å². The van der Waals surface area contributed by atoms with Crippen LogP contribution in [0.5, 0.6) is 0 Å². The highest BCUT2D eigenvalue weighted by Crippen LogP contribution is 2.21. The molecule has 21 heavy (non-hydrogen) atoms. The summed E-state index contributed by atoms with van der Waals surface area (Å²) in [6.07, 6.45) is 3.71. The van der Waals surface area contributed by atoms with Crippen LogP contribution in [0.3, 0.4) is 0 Å². The van der Waals surface area contributed by atoms with Crippen molar-refractivity contribution in [3.63, 3.8) is 0 Å². The van der Waals surface area contributed by atoms with Crippen LogP contribution < -0.4 is 0 Å². The van der Waals surface area contributed by atoms with E-state index in [9.17, 15) is 8.42 Å². The van der Waals surface area contributed by atoms with Crippen LogP contribution >= 0.6 is 0 Å². The third kappa shape index (κ3) is 3.64. The van der Waals surface area contributed by atoms with Crippen molar-refractivity contribution >= 4 is 10.0 Å². The van der Waals surface area contributed by atoms with E-state index in [1.54, 1.807) is 10.9 Å². The Morgan fingerprint density at radius 1 is 1.33 bits per heavy atom. The predicted molar refractivity (Wildman–Crippen MR) is 80.6 cm³/mol. The van der Waals surface area contributed by atoms with Gasteiger partial charge in [-0.15, -0.1) is 0 Å². The molecule has 0 spiro atoms. The maximum atomic E-state index is 12.8. The average molecular weight is 315 g/mol. The van der Waals surface area contributed by atoms with Crippen molar-refractivity contribution in [3.8, 4) is 0 Å². The fourth-order valence-corrected chi connectivity index (χ4v) is 3.76. The molecule has 1 unspecified atom stereocenters. The first-order valence-corrected chi connectivity index (χ1v) is 8.92. The first-order valence-electron chi connectivity index (χ1n) is 7.48. The van der Waals surface area contributed by atoms with Gasteiger partial charge in [-0.05, 0) is 26.2 Å². The SMILES string of the molecule is CC(C)C1CN(S(=O)(=O)c2cnn(C(C)C)c2)CCCO1. The van der Waals surface area contributed by atoms with E-state index in [1.165, 1.54) is 10.5 Å². The zero-order valence-corrected chi connectivity index (χ0v) is 14.0. The topological polar surface area (TPSA) is 64.4 Å². The van der Waals surface area contributed by atoms with Crippen LogP contribution in [-0.2, 0) is 14.8 Å². The van der Waals surface area contributed by atoms with E-state index >= 15 is 0 Å². The Morgan fingerprint density at radius 2 is 2.05 bits per heavy atom. The lowest BCUT2D eigenvalue weighted by atomic mass is 10.1. The second-order valence-electron chi connectivity index (χ2n) is 6.12. The van der Waals surface area contributed by atoms with Crippen LogP contribution in [0.2, 0.25) is 0 Å². The molecular weight excluding hydrogens is 290 g/mol. The van der Waals surface area contributed by atoms with E-state index in [2.05, 4.69) is 18.9 Å². The number of sulfonamides is 1. The first-order chi connectivity index (χ1) is 9.82. The molecule has 1 aliphatic heterocycles. The van der Waals surface area contributed by atoms with Gasteiger partial charge >= 0.3 is 0 Å². The number of rotatable bonds is 4. The molecule has 1 saturated heterocycles. The zero-order chi connectivity index (χ0) is 15.6. The number of aromatic nitrogens is 2. The van der Waals surface area contributed by atoms with E-state index in [-0.39, 0.29) is 17.0 Å². The molecule has 1 aliphatic rings. The average Bonchev–Trinajstić information content (AvgIpc) is 2.77. The van der Waals surface area contributed by atoms with Crippen molar-refractivity contribution in [2.45, 2.75) is 51.2 Å². The van der Waals surface area contributed by atoms with Crippen LogP contribution in [0.1, 0.15) is 40.2 Å². The van der Waals surface area contributed by atoms with Gasteiger partial charge in [-0.1, -0.05) is 13.8 Å². The molecule has 120 valence electrons. The molecule has 1 fully saturated rings. The number of hydrogen-bond acceptors (Lipinski definition) is 4. The third-order valence-electron chi connectivity index (χ3n) is 3.76. The lowest BCUT2D eigenvalue weighted by Gasteiger charge is -2.25. The van der Waals surface area contributed by atoms with Crippen LogP contribution in [-0.4, -0.2) is 48.3 Å². The standard InChI is InChI=1S/C14H25N3O3S/c1-11(2)14-10-16(6-5-7-20-14)21(18,19)13-8-15-17(9-13)12(3)4/h8-9,11-12,14H,5-7,10H2,1-4H3. The van der Waals surface area contributed by atoms with Crippen molar-refractivity contribution in [3.05, 3.63) is 12.4 Å². The van der Waals surface area contributed by atoms with E-state index in [0.29, 0.717) is 25.6 Å². The summed E-state index contributed by atoms with van der Waals surface area (Å²) in [4.78, 5) is 0.264. The van der Waals surface area contributed by atoms with Crippen molar-refractivity contribution in [2.75, 3.05) is 19.7 Å². The van der Waals surface area contributed by atoms with Crippen molar-refractivity contribution in [2.24, 2.45) is 5.92 Å². The third-order valence-corrected chi connectivity index (χ3v) is 5.57. The minimum atomic E-state index is -3.49. The predicted octanol–water partition coefficient (Wildman–Crippen LogP) is 1.90. The Balaban J connectivity index is 2.24. The summed E-state index contributed by atoms with van der Waals surface area (Å²) in [5.74, 6) is 0.291. The van der Waals surface area contributed by atoms with Crippen LogP contribution in [0, 0.1) is 5.92 Å². The lowest BCUT2D eigenvalue weighted by molar-refractivity contribution is 0.0301. The van der Waals surface area contributed by atoms with E-state index < -0.39 is 10.0 Å². The lowest BCUT2D eigenvalue weighted by Crippen LogP contribution is -2.38. The molecule has 0 saturated carbocycles. The van der Waals surface area contributed by atoms with Gasteiger partial charge < -0.3 is 4.74 Å². The maximum Gasteiger partial charge on any atom is 0.246 e. The molecule has 0 amide bonds. The van der Waals surface area contributed by atoms with Gasteiger partial charge in [0, 0.05) is 31.9 Å². The second-order valence-corrected chi connectivity index (χ2v) is 8.06. The summed E-state index contributed by atoms with van der Waals surface area (Å²) in [6, 6.07) is 0.143. The monoisotopic (exact) mass is 315 g/mol. The zero-order valence-electron chi connectivity index (χ0n) is 13.2. The minimum absolute atomic E-state index is 0.0533. The van der Waals surface area contributed by atoms with E-state index in [4.69, 9.17) is 4.74 Å². The highest BCUT2D eigenvalue weighted by atomic mass is 32.2. The van der Waals surface area contributed by atoms with Gasteiger partial charge in [0.25, 0.3) is 0 Å². The summed E-state index contributed by atoms with van der Waals surface area (Å²) < 4.78 is 34.5. The second kappa shape index (κ2) is 6.46. The summed E-state index contributed by atoms with van der Waals surface area (Å²) in [5, 5.41) is 4.13. The first kappa shape index (κ1) is 16.5. The molecule has 1 atom stereocenters. The summed E-state index contributed by atoms with van der Waals surface area (Å²) in [7, 11) is -3.49. The number of nitrogens with zero attached hydrogens (tertiary/aromatic N) is 3. The molecule has 2 rings (SSSR count). The van der Waals surface area contributed by atoms with Gasteiger partial charge in [-0.25, -0.2) is 8.42 Å². The molecule has 0 radical (unpaired) electrons. The maximum absolute atomic E-state index is 12.8. The van der Waals surface area contributed by atoms with Gasteiger partial charge in [0.1, 0.15) is 4.90 Å². The van der Waals surface area contributed by atoms with Crippen molar-refractivity contribution in [1.29, 1.82) is 0 Å². The van der Waals surface area contributed by atoms with E-state index in [1.807, 2.05) is 13.8 Å². The molecular formula is C14H25N3O3S. The molecule has 1 aromatic rings. The molecule has 0 aromatic carbocycles. The van der Waals surface area contributed by atoms with Crippen LogP contribution in [0.15, 0.2) is 17.3 Å². The smallest absolute Gasteiger partial charge is 0.246 e. The number of hydrogen-bond donors (Lipinski definition) is 0. The molecule has 0 aliphatic carbocycles. The fraction of sp³-hybridized carbons (Fsp3) is 0.786. The van der Waals surface area contributed by atoms with Gasteiger partial charge in [0.2, 0.25) is 10.0 Å². The molecule has 6 nitrogen and oxygen atoms in total. The fourth-order valence-electron chi connectivity index (χ4n) is 2.33. The summed E-state index contributed by atoms with van der Waals surface area (Å²) in [5.41, 5.74) is 0. The summed E-state index contributed by atoms with van der Waals surface area (Å²) >= 11 is 0. The molecule has 2 heterocycles. The Morgan fingerprint density at radius 3 is 2.62 bits per heavy atom. The van der Waals surface area contributed by atoms with Crippen molar-refractivity contribution < 1.29 is 13.2 Å². The van der Waals surface area contributed by atoms with Crippen LogP contribution in [0.25, 0.3) is 0 Å². The van der Waals surface area contributed by atoms with Gasteiger partial charge in [-0.3, -0.25) is 4.68 Å². The van der Waals surface area contributed by atoms with Crippen molar-refractivity contribution in [1.82, 2.24) is 14.1 Å². The summed E-state index contributed by atoms with van der Waals surface area (Å²) in [6.45, 7) is 9.57. The van der Waals surface area contributed by atoms with Gasteiger partial charge in [0.05, 0.1) is 12.3 Å². The number of ether oxygens (including phenoxy) is 1. The quantitative estimate of drug-likeness (QED) is 0.851. The highest BCUT2D eigenvalue weighted by Gasteiger charge is 2.31. The Hall–Kier alpha value is -0.920. The molecule has 7 heteroatoms. The largest absolute Gasteiger partial charge is 0.377 e. The molecule has 0 N–H and O–H groups in total. The minimum Gasteiger partial charge on any atom is -0.377 e. The van der Waals surface area contributed by atoms with Gasteiger partial charge in [-0.2, -0.15) is 9.40 Å².